The van der Waals surface area contributed by atoms with Crippen molar-refractivity contribution in [3.05, 3.63) is 28.8 Å². The van der Waals surface area contributed by atoms with E-state index in [0.29, 0.717) is 10.8 Å². The van der Waals surface area contributed by atoms with Crippen LogP contribution >= 0.6 is 11.6 Å². The molecule has 0 N–H and O–H groups in total. The van der Waals surface area contributed by atoms with Gasteiger partial charge in [-0.25, -0.2) is 0 Å². The number of carbonyl (C=O) groups excluding carboxylic acids is 2. The Labute approximate surface area is 143 Å². The molecule has 0 aromatic heterocycles. The summed E-state index contributed by atoms with van der Waals surface area (Å²) in [5.41, 5.74) is 0.832. The average Bonchev–Trinajstić information content (AvgIpc) is 2.53. The number of hydrogen-bond donors (Lipinski definition) is 0. The van der Waals surface area contributed by atoms with Gasteiger partial charge in [-0.15, -0.1) is 0 Å². The van der Waals surface area contributed by atoms with Gasteiger partial charge >= 0.3 is 11.9 Å². The molecule has 0 spiro atoms. The molecule has 0 fully saturated rings. The SMILES string of the molecule is CCCCC(CC)OC(=O)CCC(=O)Oc1ccc(Cl)c(C)c1. The second-order valence-corrected chi connectivity index (χ2v) is 5.95. The molecule has 128 valence electrons. The average molecular weight is 341 g/mol. The van der Waals surface area contributed by atoms with Gasteiger partial charge in [0, 0.05) is 5.02 Å². The normalized spacial score (nSPS) is 11.8. The molecule has 0 heterocycles. The summed E-state index contributed by atoms with van der Waals surface area (Å²) in [5, 5.41) is 0.617. The largest absolute Gasteiger partial charge is 0.462 e. The monoisotopic (exact) mass is 340 g/mol. The minimum atomic E-state index is -0.453. The van der Waals surface area contributed by atoms with Crippen LogP contribution in [0.2, 0.25) is 5.02 Å². The summed E-state index contributed by atoms with van der Waals surface area (Å²) in [4.78, 5) is 23.6. The van der Waals surface area contributed by atoms with Crippen LogP contribution in [0.5, 0.6) is 5.75 Å². The van der Waals surface area contributed by atoms with Gasteiger partial charge in [0.15, 0.2) is 0 Å². The van der Waals surface area contributed by atoms with Crippen LogP contribution in [-0.2, 0) is 14.3 Å². The fraction of sp³-hybridized carbons (Fsp3) is 0.556. The van der Waals surface area contributed by atoms with Crippen molar-refractivity contribution >= 4 is 23.5 Å². The molecule has 0 bridgehead atoms. The highest BCUT2D eigenvalue weighted by Gasteiger charge is 2.15. The number of ether oxygens (including phenoxy) is 2. The number of hydrogen-bond acceptors (Lipinski definition) is 4. The van der Waals surface area contributed by atoms with Gasteiger partial charge in [-0.1, -0.05) is 38.3 Å². The number of rotatable bonds is 9. The molecule has 5 heteroatoms. The Bertz CT molecular complexity index is 528. The predicted molar refractivity (Wildman–Crippen MR) is 90.8 cm³/mol. The molecular weight excluding hydrogens is 316 g/mol. The molecule has 0 radical (unpaired) electrons. The van der Waals surface area contributed by atoms with E-state index in [2.05, 4.69) is 6.92 Å². The summed E-state index contributed by atoms with van der Waals surface area (Å²) in [7, 11) is 0. The summed E-state index contributed by atoms with van der Waals surface area (Å²) < 4.78 is 10.6. The predicted octanol–water partition coefficient (Wildman–Crippen LogP) is 4.85. The van der Waals surface area contributed by atoms with Gasteiger partial charge in [0.25, 0.3) is 0 Å². The van der Waals surface area contributed by atoms with E-state index in [0.717, 1.165) is 31.2 Å². The highest BCUT2D eigenvalue weighted by Crippen LogP contribution is 2.21. The van der Waals surface area contributed by atoms with Gasteiger partial charge in [-0.2, -0.15) is 0 Å². The number of aryl methyl sites for hydroxylation is 1. The summed E-state index contributed by atoms with van der Waals surface area (Å²) >= 11 is 5.92. The van der Waals surface area contributed by atoms with Crippen LogP contribution in [0.25, 0.3) is 0 Å². The fourth-order valence-electron chi connectivity index (χ4n) is 2.09. The van der Waals surface area contributed by atoms with Gasteiger partial charge < -0.3 is 9.47 Å². The molecule has 1 aromatic carbocycles. The second-order valence-electron chi connectivity index (χ2n) is 5.55. The Kier molecular flexibility index (Phi) is 8.70. The lowest BCUT2D eigenvalue weighted by Crippen LogP contribution is -2.19. The van der Waals surface area contributed by atoms with Crippen molar-refractivity contribution in [2.75, 3.05) is 0 Å². The molecule has 0 saturated heterocycles. The van der Waals surface area contributed by atoms with E-state index in [-0.39, 0.29) is 24.9 Å². The van der Waals surface area contributed by atoms with Crippen molar-refractivity contribution in [1.29, 1.82) is 0 Å². The zero-order valence-corrected chi connectivity index (χ0v) is 14.8. The van der Waals surface area contributed by atoms with E-state index < -0.39 is 5.97 Å². The van der Waals surface area contributed by atoms with Crippen LogP contribution in [0.3, 0.4) is 0 Å². The third-order valence-corrected chi connectivity index (χ3v) is 3.95. The van der Waals surface area contributed by atoms with Crippen LogP contribution in [-0.4, -0.2) is 18.0 Å². The summed E-state index contributed by atoms with van der Waals surface area (Å²) in [6.07, 6.45) is 3.74. The number of benzene rings is 1. The first-order valence-corrected chi connectivity index (χ1v) is 8.50. The van der Waals surface area contributed by atoms with Gasteiger partial charge in [-0.3, -0.25) is 9.59 Å². The molecule has 23 heavy (non-hydrogen) atoms. The zero-order valence-electron chi connectivity index (χ0n) is 14.1. The summed E-state index contributed by atoms with van der Waals surface area (Å²) in [6, 6.07) is 4.99. The van der Waals surface area contributed by atoms with E-state index in [1.165, 1.54) is 0 Å². The lowest BCUT2D eigenvalue weighted by atomic mass is 10.1. The summed E-state index contributed by atoms with van der Waals surface area (Å²) in [5.74, 6) is -0.373. The van der Waals surface area contributed by atoms with Crippen LogP contribution in [0, 0.1) is 6.92 Å². The van der Waals surface area contributed by atoms with E-state index in [1.807, 2.05) is 13.8 Å². The molecule has 0 saturated carbocycles. The maximum absolute atomic E-state index is 11.8. The first-order valence-electron chi connectivity index (χ1n) is 8.12. The summed E-state index contributed by atoms with van der Waals surface area (Å²) in [6.45, 7) is 5.92. The first-order chi connectivity index (χ1) is 11.0. The Balaban J connectivity index is 2.37. The van der Waals surface area contributed by atoms with Crippen molar-refractivity contribution in [2.45, 2.75) is 65.4 Å². The molecule has 4 nitrogen and oxygen atoms in total. The zero-order chi connectivity index (χ0) is 17.2. The molecule has 0 aliphatic heterocycles. The molecule has 1 unspecified atom stereocenters. The van der Waals surface area contributed by atoms with E-state index in [4.69, 9.17) is 21.1 Å². The molecule has 0 amide bonds. The van der Waals surface area contributed by atoms with Crippen molar-refractivity contribution in [1.82, 2.24) is 0 Å². The van der Waals surface area contributed by atoms with Crippen molar-refractivity contribution in [3.63, 3.8) is 0 Å². The van der Waals surface area contributed by atoms with Crippen LogP contribution in [0.15, 0.2) is 18.2 Å². The van der Waals surface area contributed by atoms with E-state index in [9.17, 15) is 9.59 Å². The Morgan fingerprint density at radius 2 is 1.87 bits per heavy atom. The first kappa shape index (κ1) is 19.5. The lowest BCUT2D eigenvalue weighted by Gasteiger charge is -2.15. The molecule has 0 aliphatic carbocycles. The smallest absolute Gasteiger partial charge is 0.311 e. The Morgan fingerprint density at radius 3 is 2.48 bits per heavy atom. The minimum Gasteiger partial charge on any atom is -0.462 e. The Morgan fingerprint density at radius 1 is 1.17 bits per heavy atom. The van der Waals surface area contributed by atoms with Crippen LogP contribution in [0.1, 0.15) is 57.9 Å². The van der Waals surface area contributed by atoms with E-state index in [1.54, 1.807) is 18.2 Å². The molecular formula is C18H25ClO4. The maximum atomic E-state index is 11.8. The van der Waals surface area contributed by atoms with Crippen molar-refractivity contribution < 1.29 is 19.1 Å². The molecule has 1 rings (SSSR count). The number of esters is 2. The number of halogens is 1. The number of unbranched alkanes of at least 4 members (excludes halogenated alkanes) is 1. The number of carbonyl (C=O) groups is 2. The topological polar surface area (TPSA) is 52.6 Å². The van der Waals surface area contributed by atoms with Gasteiger partial charge in [-0.05, 0) is 43.5 Å². The highest BCUT2D eigenvalue weighted by molar-refractivity contribution is 6.31. The molecule has 0 aliphatic rings. The third-order valence-electron chi connectivity index (χ3n) is 3.53. The van der Waals surface area contributed by atoms with Crippen LogP contribution < -0.4 is 4.74 Å². The highest BCUT2D eigenvalue weighted by atomic mass is 35.5. The van der Waals surface area contributed by atoms with Crippen molar-refractivity contribution in [2.24, 2.45) is 0 Å². The van der Waals surface area contributed by atoms with Gasteiger partial charge in [0.05, 0.1) is 12.8 Å². The second kappa shape index (κ2) is 10.3. The van der Waals surface area contributed by atoms with Gasteiger partial charge in [0.2, 0.25) is 0 Å². The standard InChI is InChI=1S/C18H25ClO4/c1-4-6-7-14(5-2)22-17(20)10-11-18(21)23-15-8-9-16(19)13(3)12-15/h8-9,12,14H,4-7,10-11H2,1-3H3. The lowest BCUT2D eigenvalue weighted by molar-refractivity contribution is -0.152. The Hall–Kier alpha value is -1.55. The van der Waals surface area contributed by atoms with Gasteiger partial charge in [0.1, 0.15) is 11.9 Å². The quantitative estimate of drug-likeness (QED) is 0.476. The van der Waals surface area contributed by atoms with Crippen LogP contribution in [0.4, 0.5) is 0 Å². The minimum absolute atomic E-state index is 0.00468. The molecule has 1 aromatic rings. The maximum Gasteiger partial charge on any atom is 0.311 e. The third kappa shape index (κ3) is 7.51. The molecule has 1 atom stereocenters. The van der Waals surface area contributed by atoms with E-state index >= 15 is 0 Å². The van der Waals surface area contributed by atoms with Crippen molar-refractivity contribution in [3.8, 4) is 5.75 Å². The fourth-order valence-corrected chi connectivity index (χ4v) is 2.21.